The number of aliphatic carboxylic acids is 1. The number of ether oxygens (including phenoxy) is 2. The number of aliphatic hydroxyl groups is 1. The van der Waals surface area contributed by atoms with Gasteiger partial charge in [0, 0.05) is 46.7 Å². The Hall–Kier alpha value is -4.13. The summed E-state index contributed by atoms with van der Waals surface area (Å²) in [5, 5.41) is 31.8. The van der Waals surface area contributed by atoms with Gasteiger partial charge in [0.1, 0.15) is 36.3 Å². The molecule has 2 atom stereocenters. The molecule has 0 radical (unpaired) electrons. The van der Waals surface area contributed by atoms with Crippen LogP contribution in [-0.2, 0) is 24.4 Å². The molecular formula is C32H27Cl2N3O5. The summed E-state index contributed by atoms with van der Waals surface area (Å²) in [7, 11) is 0. The molecule has 3 aromatic carbocycles. The molecule has 42 heavy (non-hydrogen) atoms. The molecule has 0 bridgehead atoms. The van der Waals surface area contributed by atoms with E-state index in [9.17, 15) is 20.3 Å². The molecule has 214 valence electrons. The molecule has 1 heterocycles. The Morgan fingerprint density at radius 3 is 2.64 bits per heavy atom. The number of aliphatic hydroxyl groups excluding tert-OH is 1. The average molecular weight is 604 g/mol. The van der Waals surface area contributed by atoms with Crippen molar-refractivity contribution in [2.24, 2.45) is 0 Å². The first-order valence-electron chi connectivity index (χ1n) is 13.3. The highest BCUT2D eigenvalue weighted by molar-refractivity contribution is 6.33. The van der Waals surface area contributed by atoms with Crippen molar-refractivity contribution < 1.29 is 24.5 Å². The second kappa shape index (κ2) is 13.2. The average Bonchev–Trinajstić information content (AvgIpc) is 3.41. The molecule has 10 heteroatoms. The highest BCUT2D eigenvalue weighted by Crippen LogP contribution is 2.43. The monoisotopic (exact) mass is 603 g/mol. The number of pyridine rings is 1. The summed E-state index contributed by atoms with van der Waals surface area (Å²) in [5.41, 5.74) is 5.94. The molecule has 0 saturated carbocycles. The van der Waals surface area contributed by atoms with Crippen LogP contribution in [0.15, 0.2) is 73.1 Å². The first kappa shape index (κ1) is 29.4. The lowest BCUT2D eigenvalue weighted by molar-refractivity contribution is -0.140. The fourth-order valence-corrected chi connectivity index (χ4v) is 5.48. The number of carboxylic acids is 1. The molecule has 0 saturated heterocycles. The van der Waals surface area contributed by atoms with E-state index in [0.717, 1.165) is 29.5 Å². The van der Waals surface area contributed by atoms with Crippen LogP contribution < -0.4 is 14.8 Å². The Kier molecular flexibility index (Phi) is 9.25. The summed E-state index contributed by atoms with van der Waals surface area (Å²) in [6, 6.07) is 19.8. The molecule has 0 aliphatic heterocycles. The van der Waals surface area contributed by atoms with E-state index in [1.165, 1.54) is 11.8 Å². The Labute approximate surface area is 253 Å². The molecule has 3 N–H and O–H groups in total. The van der Waals surface area contributed by atoms with Crippen molar-refractivity contribution in [3.8, 4) is 28.7 Å². The second-order valence-corrected chi connectivity index (χ2v) is 10.6. The van der Waals surface area contributed by atoms with E-state index in [0.29, 0.717) is 38.2 Å². The highest BCUT2D eigenvalue weighted by atomic mass is 35.5. The zero-order valence-electron chi connectivity index (χ0n) is 22.4. The number of hydrogen-bond donors (Lipinski definition) is 3. The van der Waals surface area contributed by atoms with Crippen molar-refractivity contribution in [3.63, 3.8) is 0 Å². The number of rotatable bonds is 11. The van der Waals surface area contributed by atoms with E-state index in [4.69, 9.17) is 32.7 Å². The summed E-state index contributed by atoms with van der Waals surface area (Å²) in [6.45, 7) is -0.409. The normalized spacial score (nSPS) is 14.6. The molecular weight excluding hydrogens is 577 g/mol. The molecule has 0 spiro atoms. The van der Waals surface area contributed by atoms with Gasteiger partial charge in [0.05, 0.1) is 17.2 Å². The van der Waals surface area contributed by atoms with Gasteiger partial charge in [-0.2, -0.15) is 5.26 Å². The van der Waals surface area contributed by atoms with Gasteiger partial charge in [0.2, 0.25) is 0 Å². The number of nitrogens with zero attached hydrogens (tertiary/aromatic N) is 2. The quantitative estimate of drug-likeness (QED) is 0.187. The van der Waals surface area contributed by atoms with Gasteiger partial charge in [-0.05, 0) is 47.7 Å². The zero-order valence-corrected chi connectivity index (χ0v) is 23.9. The lowest BCUT2D eigenvalue weighted by Crippen LogP contribution is -2.39. The van der Waals surface area contributed by atoms with Crippen LogP contribution >= 0.6 is 23.2 Å². The van der Waals surface area contributed by atoms with E-state index in [-0.39, 0.29) is 19.3 Å². The third-order valence-corrected chi connectivity index (χ3v) is 7.73. The van der Waals surface area contributed by atoms with Crippen LogP contribution in [0.5, 0.6) is 11.5 Å². The number of nitriles is 1. The molecule has 1 aliphatic carbocycles. The third kappa shape index (κ3) is 6.51. The van der Waals surface area contributed by atoms with Crippen molar-refractivity contribution >= 4 is 29.2 Å². The highest BCUT2D eigenvalue weighted by Gasteiger charge is 2.28. The minimum absolute atomic E-state index is 0.0663. The van der Waals surface area contributed by atoms with Gasteiger partial charge in [-0.3, -0.25) is 15.1 Å². The first-order chi connectivity index (χ1) is 20.4. The fourth-order valence-electron chi connectivity index (χ4n) is 5.01. The topological polar surface area (TPSA) is 125 Å². The molecule has 1 aromatic heterocycles. The molecule has 4 aromatic rings. The summed E-state index contributed by atoms with van der Waals surface area (Å²) in [6.07, 6.45) is 4.37. The van der Waals surface area contributed by atoms with E-state index < -0.39 is 18.6 Å². The van der Waals surface area contributed by atoms with E-state index in [1.54, 1.807) is 24.4 Å². The van der Waals surface area contributed by atoms with Gasteiger partial charge in [0.25, 0.3) is 0 Å². The second-order valence-electron chi connectivity index (χ2n) is 9.83. The van der Waals surface area contributed by atoms with Gasteiger partial charge in [-0.1, -0.05) is 59.6 Å². The van der Waals surface area contributed by atoms with Crippen molar-refractivity contribution in [2.75, 3.05) is 6.61 Å². The van der Waals surface area contributed by atoms with Gasteiger partial charge in [-0.25, -0.2) is 0 Å². The number of carboxylic acid groups (broad SMARTS) is 1. The predicted molar refractivity (Wildman–Crippen MR) is 159 cm³/mol. The minimum Gasteiger partial charge on any atom is -0.488 e. The van der Waals surface area contributed by atoms with Crippen molar-refractivity contribution in [1.29, 1.82) is 5.26 Å². The maximum atomic E-state index is 11.4. The number of carbonyl (C=O) groups is 1. The van der Waals surface area contributed by atoms with Crippen molar-refractivity contribution in [3.05, 3.63) is 111 Å². The smallest absolute Gasteiger partial charge is 0.323 e. The first-order valence-corrected chi connectivity index (χ1v) is 14.0. The molecule has 0 amide bonds. The number of aromatic nitrogens is 1. The Morgan fingerprint density at radius 1 is 1.07 bits per heavy atom. The van der Waals surface area contributed by atoms with Gasteiger partial charge >= 0.3 is 5.97 Å². The van der Waals surface area contributed by atoms with Crippen molar-refractivity contribution in [1.82, 2.24) is 10.3 Å². The van der Waals surface area contributed by atoms with Crippen LogP contribution in [0, 0.1) is 11.3 Å². The van der Waals surface area contributed by atoms with Gasteiger partial charge < -0.3 is 19.7 Å². The van der Waals surface area contributed by atoms with Gasteiger partial charge in [0.15, 0.2) is 0 Å². The summed E-state index contributed by atoms with van der Waals surface area (Å²) in [5.74, 6) is -0.354. The number of benzene rings is 3. The maximum absolute atomic E-state index is 11.4. The predicted octanol–water partition coefficient (Wildman–Crippen LogP) is 6.11. The summed E-state index contributed by atoms with van der Waals surface area (Å²) < 4.78 is 12.6. The summed E-state index contributed by atoms with van der Waals surface area (Å²) in [4.78, 5) is 15.5. The van der Waals surface area contributed by atoms with Crippen LogP contribution in [-0.4, -0.2) is 33.8 Å². The number of nitrogens with one attached hydrogen (secondary N) is 1. The standard InChI is InChI=1S/C32H27Cl2N3O5/c33-26-7-2-1-4-24(26)22-5-3-6-25-23(22)8-9-29(25)42-31-12-30(41-18-20-10-19(13-35)14-36-15-20)21(11-27(31)34)16-37-28(17-38)32(39)40/h1-7,10-12,14-15,28-29,37-38H,8-9,16-18H2,(H,39,40)/t28-,29-/m0/s1. The van der Waals surface area contributed by atoms with Crippen molar-refractivity contribution in [2.45, 2.75) is 38.1 Å². The number of fused-ring (bicyclic) bond motifs is 1. The largest absolute Gasteiger partial charge is 0.488 e. The lowest BCUT2D eigenvalue weighted by Gasteiger charge is -2.20. The molecule has 8 nitrogen and oxygen atoms in total. The molecule has 0 fully saturated rings. The molecule has 5 rings (SSSR count). The summed E-state index contributed by atoms with van der Waals surface area (Å²) >= 11 is 13.2. The van der Waals surface area contributed by atoms with Gasteiger partial charge in [-0.15, -0.1) is 0 Å². The van der Waals surface area contributed by atoms with Crippen LogP contribution in [0.1, 0.15) is 40.3 Å². The van der Waals surface area contributed by atoms with E-state index >= 15 is 0 Å². The Balaban J connectivity index is 1.43. The van der Waals surface area contributed by atoms with Crippen LogP contribution in [0.3, 0.4) is 0 Å². The molecule has 1 aliphatic rings. The number of hydrogen-bond acceptors (Lipinski definition) is 7. The Morgan fingerprint density at radius 2 is 1.88 bits per heavy atom. The number of halogens is 2. The third-order valence-electron chi connectivity index (χ3n) is 7.10. The van der Waals surface area contributed by atoms with Crippen LogP contribution in [0.25, 0.3) is 11.1 Å². The van der Waals surface area contributed by atoms with E-state index in [1.807, 2.05) is 36.4 Å². The SMILES string of the molecule is N#Cc1cncc(COc2cc(O[C@H]3CCc4c(-c5ccccc5Cl)cccc43)c(Cl)cc2CN[C@@H](CO)C(=O)O)c1. The Bertz CT molecular complexity index is 1660. The van der Waals surface area contributed by atoms with Crippen LogP contribution in [0.4, 0.5) is 0 Å². The maximum Gasteiger partial charge on any atom is 0.323 e. The van der Waals surface area contributed by atoms with Crippen LogP contribution in [0.2, 0.25) is 10.0 Å². The lowest BCUT2D eigenvalue weighted by atomic mass is 9.96. The van der Waals surface area contributed by atoms with E-state index in [2.05, 4.69) is 22.4 Å². The fraction of sp³-hybridized carbons (Fsp3) is 0.219. The minimum atomic E-state index is -1.18. The zero-order chi connectivity index (χ0) is 29.6. The molecule has 0 unspecified atom stereocenters.